The van der Waals surface area contributed by atoms with E-state index in [1.807, 2.05) is 0 Å². The van der Waals surface area contributed by atoms with Gasteiger partial charge in [0, 0.05) is 12.5 Å². The summed E-state index contributed by atoms with van der Waals surface area (Å²) >= 11 is 6.16. The van der Waals surface area contributed by atoms with Crippen molar-refractivity contribution in [2.24, 2.45) is 0 Å². The highest BCUT2D eigenvalue weighted by Gasteiger charge is 2.10. The maximum absolute atomic E-state index is 11.3. The molecule has 0 aliphatic heterocycles. The zero-order valence-corrected chi connectivity index (χ0v) is 12.4. The molecule has 5 nitrogen and oxygen atoms in total. The third-order valence-corrected chi connectivity index (χ3v) is 3.17. The van der Waals surface area contributed by atoms with Crippen molar-refractivity contribution in [2.75, 3.05) is 11.9 Å². The summed E-state index contributed by atoms with van der Waals surface area (Å²) in [5, 5.41) is 3.22. The lowest BCUT2D eigenvalue weighted by Crippen LogP contribution is -2.10. The second-order valence-electron chi connectivity index (χ2n) is 4.49. The minimum absolute atomic E-state index is 0.0884. The summed E-state index contributed by atoms with van der Waals surface area (Å²) in [6, 6.07) is 3.54. The fourth-order valence-corrected chi connectivity index (χ4v) is 1.95. The number of ether oxygens (including phenoxy) is 1. The number of amides is 1. The molecule has 0 fully saturated rings. The molecule has 0 saturated carbocycles. The average molecular weight is 296 g/mol. The first-order chi connectivity index (χ1) is 9.63. The van der Waals surface area contributed by atoms with Gasteiger partial charge < -0.3 is 9.72 Å². The molecule has 2 aromatic rings. The number of rotatable bonds is 6. The molecule has 0 saturated heterocycles. The average Bonchev–Trinajstić information content (AvgIpc) is 2.80. The quantitative estimate of drug-likeness (QED) is 0.798. The van der Waals surface area contributed by atoms with Crippen LogP contribution in [0.25, 0.3) is 11.0 Å². The molecular weight excluding hydrogens is 278 g/mol. The number of imidazole rings is 1. The summed E-state index contributed by atoms with van der Waals surface area (Å²) in [7, 11) is 0. The van der Waals surface area contributed by atoms with Gasteiger partial charge in [-0.25, -0.2) is 4.98 Å². The van der Waals surface area contributed by atoms with Gasteiger partial charge in [-0.1, -0.05) is 31.9 Å². The van der Waals surface area contributed by atoms with Crippen LogP contribution in [0.1, 0.15) is 33.1 Å². The van der Waals surface area contributed by atoms with Crippen LogP contribution in [0.2, 0.25) is 5.02 Å². The first kappa shape index (κ1) is 14.7. The Bertz CT molecular complexity index is 610. The van der Waals surface area contributed by atoms with Crippen molar-refractivity contribution in [1.29, 1.82) is 0 Å². The zero-order chi connectivity index (χ0) is 14.5. The Morgan fingerprint density at radius 1 is 1.45 bits per heavy atom. The van der Waals surface area contributed by atoms with Gasteiger partial charge in [-0.05, 0) is 12.5 Å². The molecule has 6 heteroatoms. The lowest BCUT2D eigenvalue weighted by Gasteiger charge is -2.06. The molecule has 2 rings (SSSR count). The van der Waals surface area contributed by atoms with Crippen molar-refractivity contribution in [1.82, 2.24) is 9.97 Å². The van der Waals surface area contributed by atoms with Crippen LogP contribution in [0.3, 0.4) is 0 Å². The van der Waals surface area contributed by atoms with Crippen molar-refractivity contribution < 1.29 is 9.53 Å². The highest BCUT2D eigenvalue weighted by molar-refractivity contribution is 6.32. The van der Waals surface area contributed by atoms with E-state index in [2.05, 4.69) is 22.2 Å². The number of carbonyl (C=O) groups excluding carboxylic acids is 1. The summed E-state index contributed by atoms with van der Waals surface area (Å²) in [5.74, 6) is 0.954. The van der Waals surface area contributed by atoms with Crippen LogP contribution in [-0.2, 0) is 4.79 Å². The number of hydrogen-bond acceptors (Lipinski definition) is 3. The van der Waals surface area contributed by atoms with Crippen molar-refractivity contribution in [3.05, 3.63) is 17.2 Å². The maximum atomic E-state index is 11.3. The molecule has 0 radical (unpaired) electrons. The van der Waals surface area contributed by atoms with Gasteiger partial charge in [0.2, 0.25) is 11.9 Å². The van der Waals surface area contributed by atoms with Crippen LogP contribution in [-0.4, -0.2) is 22.5 Å². The lowest BCUT2D eigenvalue weighted by molar-refractivity contribution is -0.115. The number of nitrogens with one attached hydrogen (secondary N) is 2. The number of aromatic nitrogens is 2. The molecule has 0 spiro atoms. The summed E-state index contributed by atoms with van der Waals surface area (Å²) < 4.78 is 5.62. The number of aromatic amines is 1. The third kappa shape index (κ3) is 3.42. The monoisotopic (exact) mass is 295 g/mol. The second kappa shape index (κ2) is 6.61. The number of anilines is 1. The maximum Gasteiger partial charge on any atom is 0.226 e. The van der Waals surface area contributed by atoms with Gasteiger partial charge in [0.1, 0.15) is 5.75 Å². The molecule has 1 heterocycles. The second-order valence-corrected chi connectivity index (χ2v) is 4.90. The van der Waals surface area contributed by atoms with Gasteiger partial charge in [-0.15, -0.1) is 0 Å². The standard InChI is InChI=1S/C14H18ClN3O2/c1-3-5-6-20-12-8-11-10(7-9(12)15)16-14(17-11)18-13(19)4-2/h7-8H,3-6H2,1-2H3,(H2,16,17,18,19). The Kier molecular flexibility index (Phi) is 4.84. The molecule has 1 aromatic heterocycles. The number of unbranched alkanes of at least 4 members (excludes halogenated alkanes) is 1. The molecule has 0 aliphatic carbocycles. The lowest BCUT2D eigenvalue weighted by atomic mass is 10.3. The number of hydrogen-bond donors (Lipinski definition) is 2. The summed E-state index contributed by atoms with van der Waals surface area (Å²) in [5.41, 5.74) is 1.48. The molecule has 0 atom stereocenters. The zero-order valence-electron chi connectivity index (χ0n) is 11.6. The van der Waals surface area contributed by atoms with E-state index < -0.39 is 0 Å². The van der Waals surface area contributed by atoms with Gasteiger partial charge in [-0.2, -0.15) is 0 Å². The van der Waals surface area contributed by atoms with Crippen LogP contribution >= 0.6 is 11.6 Å². The van der Waals surface area contributed by atoms with E-state index in [1.165, 1.54) is 0 Å². The molecule has 0 bridgehead atoms. The van der Waals surface area contributed by atoms with Crippen LogP contribution in [0.15, 0.2) is 12.1 Å². The minimum Gasteiger partial charge on any atom is -0.492 e. The minimum atomic E-state index is -0.0884. The van der Waals surface area contributed by atoms with Gasteiger partial charge in [0.25, 0.3) is 0 Å². The normalized spacial score (nSPS) is 10.8. The van der Waals surface area contributed by atoms with Crippen molar-refractivity contribution in [3.63, 3.8) is 0 Å². The fraction of sp³-hybridized carbons (Fsp3) is 0.429. The largest absolute Gasteiger partial charge is 0.492 e. The molecule has 20 heavy (non-hydrogen) atoms. The highest BCUT2D eigenvalue weighted by Crippen LogP contribution is 2.30. The smallest absolute Gasteiger partial charge is 0.226 e. The number of H-pyrrole nitrogens is 1. The molecule has 2 N–H and O–H groups in total. The topological polar surface area (TPSA) is 67.0 Å². The Hall–Kier alpha value is -1.75. The summed E-state index contributed by atoms with van der Waals surface area (Å²) in [4.78, 5) is 18.7. The van der Waals surface area contributed by atoms with Gasteiger partial charge >= 0.3 is 0 Å². The molecular formula is C14H18ClN3O2. The highest BCUT2D eigenvalue weighted by atomic mass is 35.5. The number of halogens is 1. The molecule has 0 unspecified atom stereocenters. The Balaban J connectivity index is 2.21. The Labute approximate surface area is 122 Å². The van der Waals surface area contributed by atoms with E-state index in [9.17, 15) is 4.79 Å². The first-order valence-electron chi connectivity index (χ1n) is 6.76. The molecule has 1 aromatic carbocycles. The number of nitrogens with zero attached hydrogens (tertiary/aromatic N) is 1. The SMILES string of the molecule is CCCCOc1cc2nc(NC(=O)CC)[nH]c2cc1Cl. The van der Waals surface area contributed by atoms with Crippen molar-refractivity contribution >= 4 is 34.5 Å². The number of benzene rings is 1. The van der Waals surface area contributed by atoms with Gasteiger partial charge in [-0.3, -0.25) is 10.1 Å². The van der Waals surface area contributed by atoms with Crippen LogP contribution in [0.5, 0.6) is 5.75 Å². The van der Waals surface area contributed by atoms with Crippen molar-refractivity contribution in [2.45, 2.75) is 33.1 Å². The molecule has 108 valence electrons. The third-order valence-electron chi connectivity index (χ3n) is 2.87. The van der Waals surface area contributed by atoms with Crippen LogP contribution in [0.4, 0.5) is 5.95 Å². The van der Waals surface area contributed by atoms with E-state index in [-0.39, 0.29) is 5.91 Å². The predicted molar refractivity (Wildman–Crippen MR) is 80.4 cm³/mol. The summed E-state index contributed by atoms with van der Waals surface area (Å²) in [6.45, 7) is 4.52. The molecule has 0 aliphatic rings. The Morgan fingerprint density at radius 2 is 2.25 bits per heavy atom. The van der Waals surface area contributed by atoms with E-state index in [4.69, 9.17) is 16.3 Å². The van der Waals surface area contributed by atoms with Crippen molar-refractivity contribution in [3.8, 4) is 5.75 Å². The summed E-state index contributed by atoms with van der Waals surface area (Å²) in [6.07, 6.45) is 2.45. The van der Waals surface area contributed by atoms with Gasteiger partial charge in [0.05, 0.1) is 22.7 Å². The fourth-order valence-electron chi connectivity index (χ4n) is 1.73. The molecule has 1 amide bonds. The van der Waals surface area contributed by atoms with Gasteiger partial charge in [0.15, 0.2) is 0 Å². The Morgan fingerprint density at radius 3 is 2.95 bits per heavy atom. The number of fused-ring (bicyclic) bond motifs is 1. The predicted octanol–water partition coefficient (Wildman–Crippen LogP) is 3.74. The van der Waals surface area contributed by atoms with E-state index in [0.29, 0.717) is 35.3 Å². The van der Waals surface area contributed by atoms with E-state index in [0.717, 1.165) is 18.4 Å². The van der Waals surface area contributed by atoms with Crippen LogP contribution < -0.4 is 10.1 Å². The van der Waals surface area contributed by atoms with E-state index in [1.54, 1.807) is 19.1 Å². The number of carbonyl (C=O) groups is 1. The van der Waals surface area contributed by atoms with Crippen LogP contribution in [0, 0.1) is 0 Å². The first-order valence-corrected chi connectivity index (χ1v) is 7.13. The van der Waals surface area contributed by atoms with E-state index >= 15 is 0 Å².